The van der Waals surface area contributed by atoms with Crippen LogP contribution >= 0.6 is 0 Å². The van der Waals surface area contributed by atoms with Crippen LogP contribution < -0.4 is 10.1 Å². The normalized spacial score (nSPS) is 11.8. The molecule has 4 aromatic rings. The Kier molecular flexibility index (Phi) is 6.74. The van der Waals surface area contributed by atoms with Crippen molar-refractivity contribution < 1.29 is 19.4 Å². The van der Waals surface area contributed by atoms with Crippen LogP contribution in [0.1, 0.15) is 34.6 Å². The molecule has 0 fully saturated rings. The molecule has 0 aliphatic heterocycles. The minimum atomic E-state index is -1.08. The molecule has 1 heterocycles. The summed E-state index contributed by atoms with van der Waals surface area (Å²) in [4.78, 5) is 24.8. The SMILES string of the molecule is CC(C(=O)NCCc1ccccc1)n1c(C(=O)O)cc2cc(OCc3ccccc3)ccc21. The summed E-state index contributed by atoms with van der Waals surface area (Å²) in [5, 5.41) is 13.4. The number of carboxylic acids is 1. The summed E-state index contributed by atoms with van der Waals surface area (Å²) in [6, 6.07) is 26.0. The zero-order chi connectivity index (χ0) is 23.2. The van der Waals surface area contributed by atoms with Crippen LogP contribution in [0.25, 0.3) is 10.9 Å². The van der Waals surface area contributed by atoms with Crippen molar-refractivity contribution in [1.29, 1.82) is 0 Å². The maximum absolute atomic E-state index is 12.8. The predicted molar refractivity (Wildman–Crippen MR) is 128 cm³/mol. The lowest BCUT2D eigenvalue weighted by Gasteiger charge is -2.17. The molecule has 6 heteroatoms. The smallest absolute Gasteiger partial charge is 0.352 e. The number of aromatic nitrogens is 1. The van der Waals surface area contributed by atoms with Crippen molar-refractivity contribution in [3.63, 3.8) is 0 Å². The third kappa shape index (κ3) is 5.23. The Hall–Kier alpha value is -4.06. The molecule has 0 spiro atoms. The Morgan fingerprint density at radius 1 is 0.939 bits per heavy atom. The van der Waals surface area contributed by atoms with Crippen molar-refractivity contribution in [3.8, 4) is 5.75 Å². The van der Waals surface area contributed by atoms with Gasteiger partial charge in [0.05, 0.1) is 0 Å². The fourth-order valence-electron chi connectivity index (χ4n) is 3.87. The van der Waals surface area contributed by atoms with Crippen LogP contribution in [0, 0.1) is 0 Å². The Bertz CT molecular complexity index is 1250. The molecule has 2 N–H and O–H groups in total. The number of carboxylic acid groups (broad SMARTS) is 1. The van der Waals surface area contributed by atoms with E-state index in [9.17, 15) is 14.7 Å². The van der Waals surface area contributed by atoms with E-state index < -0.39 is 12.0 Å². The number of hydrogen-bond donors (Lipinski definition) is 2. The van der Waals surface area contributed by atoms with Crippen molar-refractivity contribution in [2.75, 3.05) is 6.54 Å². The Labute approximate surface area is 192 Å². The van der Waals surface area contributed by atoms with Crippen molar-refractivity contribution in [2.45, 2.75) is 26.0 Å². The highest BCUT2D eigenvalue weighted by Gasteiger charge is 2.23. The maximum atomic E-state index is 12.8. The molecule has 0 bridgehead atoms. The van der Waals surface area contributed by atoms with Crippen LogP contribution in [0.15, 0.2) is 84.9 Å². The van der Waals surface area contributed by atoms with Crippen molar-refractivity contribution in [2.24, 2.45) is 0 Å². The molecule has 168 valence electrons. The monoisotopic (exact) mass is 442 g/mol. The quantitative estimate of drug-likeness (QED) is 0.389. The third-order valence-electron chi connectivity index (χ3n) is 5.60. The minimum absolute atomic E-state index is 0.0657. The Morgan fingerprint density at radius 3 is 2.27 bits per heavy atom. The van der Waals surface area contributed by atoms with Crippen LogP contribution in [-0.2, 0) is 17.8 Å². The van der Waals surface area contributed by atoms with E-state index in [-0.39, 0.29) is 11.6 Å². The van der Waals surface area contributed by atoms with Crippen molar-refractivity contribution in [3.05, 3.63) is 102 Å². The molecule has 0 saturated heterocycles. The number of nitrogens with one attached hydrogen (secondary N) is 1. The maximum Gasteiger partial charge on any atom is 0.352 e. The summed E-state index contributed by atoms with van der Waals surface area (Å²) in [6.07, 6.45) is 0.708. The number of fused-ring (bicyclic) bond motifs is 1. The van der Waals surface area contributed by atoms with Gasteiger partial charge in [0.2, 0.25) is 5.91 Å². The van der Waals surface area contributed by atoms with Crippen LogP contribution in [0.5, 0.6) is 5.75 Å². The molecule has 1 unspecified atom stereocenters. The van der Waals surface area contributed by atoms with Gasteiger partial charge in [-0.05, 0) is 48.7 Å². The van der Waals surface area contributed by atoms with Crippen LogP contribution in [0.2, 0.25) is 0 Å². The number of nitrogens with zero attached hydrogens (tertiary/aromatic N) is 1. The van der Waals surface area contributed by atoms with Crippen molar-refractivity contribution in [1.82, 2.24) is 9.88 Å². The van der Waals surface area contributed by atoms with E-state index in [1.807, 2.05) is 60.7 Å². The molecule has 33 heavy (non-hydrogen) atoms. The zero-order valence-corrected chi connectivity index (χ0v) is 18.4. The first-order valence-electron chi connectivity index (χ1n) is 10.9. The zero-order valence-electron chi connectivity index (χ0n) is 18.4. The van der Waals surface area contributed by atoms with E-state index in [1.165, 1.54) is 0 Å². The van der Waals surface area contributed by atoms with Gasteiger partial charge in [0.1, 0.15) is 24.1 Å². The predicted octanol–water partition coefficient (Wildman–Crippen LogP) is 4.84. The van der Waals surface area contributed by atoms with E-state index in [0.29, 0.717) is 36.2 Å². The molecule has 1 atom stereocenters. The topological polar surface area (TPSA) is 80.6 Å². The van der Waals surface area contributed by atoms with Gasteiger partial charge >= 0.3 is 5.97 Å². The van der Waals surface area contributed by atoms with E-state index in [2.05, 4.69) is 5.32 Å². The highest BCUT2D eigenvalue weighted by Crippen LogP contribution is 2.28. The molecule has 0 saturated carbocycles. The Balaban J connectivity index is 1.50. The number of benzene rings is 3. The Morgan fingerprint density at radius 2 is 1.61 bits per heavy atom. The van der Waals surface area contributed by atoms with E-state index >= 15 is 0 Å². The van der Waals surface area contributed by atoms with Gasteiger partial charge in [-0.25, -0.2) is 4.79 Å². The standard InChI is InChI=1S/C27H26N2O4/c1-19(26(30)28-15-14-20-8-4-2-5-9-20)29-24-13-12-23(16-22(24)17-25(29)27(31)32)33-18-21-10-6-3-7-11-21/h2-13,16-17,19H,14-15,18H2,1H3,(H,28,30)(H,31,32). The number of amides is 1. The molecule has 3 aromatic carbocycles. The number of hydrogen-bond acceptors (Lipinski definition) is 3. The van der Waals surface area contributed by atoms with Crippen LogP contribution in [-0.4, -0.2) is 28.1 Å². The van der Waals surface area contributed by atoms with Gasteiger partial charge in [-0.2, -0.15) is 0 Å². The summed E-state index contributed by atoms with van der Waals surface area (Å²) >= 11 is 0. The molecule has 4 rings (SSSR count). The summed E-state index contributed by atoms with van der Waals surface area (Å²) < 4.78 is 7.44. The van der Waals surface area contributed by atoms with Gasteiger partial charge in [0, 0.05) is 17.4 Å². The molecule has 0 aliphatic carbocycles. The average Bonchev–Trinajstić information content (AvgIpc) is 3.22. The number of ether oxygens (including phenoxy) is 1. The molecule has 0 aliphatic rings. The van der Waals surface area contributed by atoms with Gasteiger partial charge in [-0.3, -0.25) is 4.79 Å². The number of aromatic carboxylic acids is 1. The van der Waals surface area contributed by atoms with Crippen LogP contribution in [0.4, 0.5) is 0 Å². The third-order valence-corrected chi connectivity index (χ3v) is 5.60. The average molecular weight is 443 g/mol. The second kappa shape index (κ2) is 10.0. The highest BCUT2D eigenvalue weighted by atomic mass is 16.5. The van der Waals surface area contributed by atoms with E-state index in [1.54, 1.807) is 35.8 Å². The largest absolute Gasteiger partial charge is 0.489 e. The molecule has 6 nitrogen and oxygen atoms in total. The molecular weight excluding hydrogens is 416 g/mol. The number of rotatable bonds is 9. The molecule has 0 radical (unpaired) electrons. The number of carbonyl (C=O) groups excluding carboxylic acids is 1. The van der Waals surface area contributed by atoms with Gasteiger partial charge in [-0.1, -0.05) is 60.7 Å². The van der Waals surface area contributed by atoms with Gasteiger partial charge in [-0.15, -0.1) is 0 Å². The fourth-order valence-corrected chi connectivity index (χ4v) is 3.87. The lowest BCUT2D eigenvalue weighted by atomic mass is 10.1. The van der Waals surface area contributed by atoms with E-state index in [0.717, 1.165) is 11.1 Å². The minimum Gasteiger partial charge on any atom is -0.489 e. The summed E-state index contributed by atoms with van der Waals surface area (Å²) in [7, 11) is 0. The summed E-state index contributed by atoms with van der Waals surface area (Å²) in [5.74, 6) is -0.669. The second-order valence-corrected chi connectivity index (χ2v) is 7.90. The van der Waals surface area contributed by atoms with Gasteiger partial charge in [0.15, 0.2) is 0 Å². The first-order valence-corrected chi connectivity index (χ1v) is 10.9. The number of carbonyl (C=O) groups is 2. The summed E-state index contributed by atoms with van der Waals surface area (Å²) in [6.45, 7) is 2.61. The summed E-state index contributed by atoms with van der Waals surface area (Å²) in [5.41, 5.74) is 2.91. The second-order valence-electron chi connectivity index (χ2n) is 7.90. The molecule has 1 amide bonds. The van der Waals surface area contributed by atoms with Gasteiger partial charge < -0.3 is 19.7 Å². The van der Waals surface area contributed by atoms with Gasteiger partial charge in [0.25, 0.3) is 0 Å². The molecular formula is C27H26N2O4. The van der Waals surface area contributed by atoms with E-state index in [4.69, 9.17) is 4.74 Å². The first-order chi connectivity index (χ1) is 16.0. The lowest BCUT2D eigenvalue weighted by molar-refractivity contribution is -0.123. The highest BCUT2D eigenvalue weighted by molar-refractivity contribution is 5.97. The van der Waals surface area contributed by atoms with Crippen LogP contribution in [0.3, 0.4) is 0 Å². The lowest BCUT2D eigenvalue weighted by Crippen LogP contribution is -2.33. The fraction of sp³-hybridized carbons (Fsp3) is 0.185. The first kappa shape index (κ1) is 22.1. The molecule has 1 aromatic heterocycles. The van der Waals surface area contributed by atoms with Crippen molar-refractivity contribution >= 4 is 22.8 Å².